The molecule has 2 aromatic carbocycles. The minimum Gasteiger partial charge on any atom is -0.465 e. The Morgan fingerprint density at radius 1 is 1.09 bits per heavy atom. The van der Waals surface area contributed by atoms with Crippen molar-refractivity contribution in [1.82, 2.24) is 0 Å². The largest absolute Gasteiger partial charge is 0.465 e. The van der Waals surface area contributed by atoms with Crippen LogP contribution in [0.1, 0.15) is 24.5 Å². The van der Waals surface area contributed by atoms with Gasteiger partial charge in [-0.3, -0.25) is 4.79 Å². The van der Waals surface area contributed by atoms with E-state index in [4.69, 9.17) is 9.47 Å². The third-order valence-corrected chi connectivity index (χ3v) is 4.14. The van der Waals surface area contributed by atoms with Gasteiger partial charge in [0, 0.05) is 12.8 Å². The van der Waals surface area contributed by atoms with Crippen molar-refractivity contribution in [2.75, 3.05) is 13.2 Å². The molecule has 1 aliphatic rings. The second-order valence-electron chi connectivity index (χ2n) is 5.74. The second kappa shape index (κ2) is 6.32. The summed E-state index contributed by atoms with van der Waals surface area (Å²) in [5, 5.41) is 0. The molecule has 1 atom stereocenters. The maximum atomic E-state index is 11.0. The highest BCUT2D eigenvalue weighted by molar-refractivity contribution is 5.65. The van der Waals surface area contributed by atoms with Gasteiger partial charge in [-0.25, -0.2) is 0 Å². The molecule has 1 aliphatic heterocycles. The molecule has 0 saturated carbocycles. The first-order valence-corrected chi connectivity index (χ1v) is 7.59. The molecular weight excluding hydrogens is 276 g/mol. The monoisotopic (exact) mass is 296 g/mol. The Labute approximate surface area is 130 Å². The number of benzene rings is 2. The number of esters is 1. The molecule has 1 unspecified atom stereocenters. The van der Waals surface area contributed by atoms with Crippen molar-refractivity contribution in [2.45, 2.75) is 18.9 Å². The van der Waals surface area contributed by atoms with Gasteiger partial charge in [0.25, 0.3) is 0 Å². The van der Waals surface area contributed by atoms with E-state index in [0.717, 1.165) is 17.5 Å². The minimum absolute atomic E-state index is 0.212. The van der Waals surface area contributed by atoms with Gasteiger partial charge in [0.05, 0.1) is 13.2 Å². The fourth-order valence-electron chi connectivity index (χ4n) is 3.11. The molecule has 0 amide bonds. The normalized spacial score (nSPS) is 19.8. The van der Waals surface area contributed by atoms with Crippen LogP contribution in [0.2, 0.25) is 0 Å². The number of carbonyl (C=O) groups is 1. The van der Waals surface area contributed by atoms with E-state index in [9.17, 15) is 4.79 Å². The van der Waals surface area contributed by atoms with Crippen LogP contribution in [-0.4, -0.2) is 19.2 Å². The van der Waals surface area contributed by atoms with Crippen molar-refractivity contribution < 1.29 is 14.3 Å². The van der Waals surface area contributed by atoms with Crippen molar-refractivity contribution in [3.8, 4) is 0 Å². The lowest BCUT2D eigenvalue weighted by molar-refractivity contribution is -0.142. The summed E-state index contributed by atoms with van der Waals surface area (Å²) in [6.45, 7) is 2.45. The molecule has 3 rings (SSSR count). The maximum Gasteiger partial charge on any atom is 0.302 e. The number of ether oxygens (including phenoxy) is 2. The van der Waals surface area contributed by atoms with Crippen LogP contribution in [0.5, 0.6) is 0 Å². The van der Waals surface area contributed by atoms with Gasteiger partial charge in [0.15, 0.2) is 0 Å². The molecule has 0 aliphatic carbocycles. The smallest absolute Gasteiger partial charge is 0.302 e. The van der Waals surface area contributed by atoms with E-state index in [2.05, 4.69) is 24.3 Å². The SMILES string of the molecule is CC(=O)OCC1COC(c2ccccc2)(c2ccccc2)C1. The van der Waals surface area contributed by atoms with Crippen LogP contribution in [0, 0.1) is 5.92 Å². The Morgan fingerprint density at radius 2 is 1.64 bits per heavy atom. The maximum absolute atomic E-state index is 11.0. The van der Waals surface area contributed by atoms with Crippen molar-refractivity contribution in [3.05, 3.63) is 71.8 Å². The molecule has 0 spiro atoms. The number of rotatable bonds is 4. The van der Waals surface area contributed by atoms with Crippen molar-refractivity contribution >= 4 is 5.97 Å². The van der Waals surface area contributed by atoms with Crippen LogP contribution in [0.25, 0.3) is 0 Å². The topological polar surface area (TPSA) is 35.5 Å². The summed E-state index contributed by atoms with van der Waals surface area (Å²) in [5.74, 6) is -0.0266. The molecule has 22 heavy (non-hydrogen) atoms. The van der Waals surface area contributed by atoms with Crippen LogP contribution in [-0.2, 0) is 19.9 Å². The average Bonchev–Trinajstić information content (AvgIpc) is 3.00. The third-order valence-electron chi connectivity index (χ3n) is 4.14. The molecule has 3 nitrogen and oxygen atoms in total. The predicted octanol–water partition coefficient (Wildman–Crippen LogP) is 3.53. The molecule has 1 fully saturated rings. The van der Waals surface area contributed by atoms with Gasteiger partial charge < -0.3 is 9.47 Å². The van der Waals surface area contributed by atoms with Gasteiger partial charge in [0.1, 0.15) is 5.60 Å². The Kier molecular flexibility index (Phi) is 4.25. The molecule has 0 N–H and O–H groups in total. The van der Waals surface area contributed by atoms with Crippen molar-refractivity contribution in [2.24, 2.45) is 5.92 Å². The molecule has 114 valence electrons. The predicted molar refractivity (Wildman–Crippen MR) is 84.4 cm³/mol. The summed E-state index contributed by atoms with van der Waals surface area (Å²) < 4.78 is 11.4. The summed E-state index contributed by atoms with van der Waals surface area (Å²) in [7, 11) is 0. The van der Waals surface area contributed by atoms with E-state index in [1.807, 2.05) is 36.4 Å². The number of hydrogen-bond donors (Lipinski definition) is 0. The van der Waals surface area contributed by atoms with Gasteiger partial charge in [-0.15, -0.1) is 0 Å². The summed E-state index contributed by atoms with van der Waals surface area (Å²) in [5.41, 5.74) is 1.84. The van der Waals surface area contributed by atoms with Gasteiger partial charge in [-0.05, 0) is 17.5 Å². The lowest BCUT2D eigenvalue weighted by atomic mass is 9.81. The summed E-state index contributed by atoms with van der Waals surface area (Å²) >= 11 is 0. The summed E-state index contributed by atoms with van der Waals surface area (Å²) in [6, 6.07) is 20.5. The number of carbonyl (C=O) groups excluding carboxylic acids is 1. The first-order valence-electron chi connectivity index (χ1n) is 7.59. The van der Waals surface area contributed by atoms with Crippen LogP contribution in [0.3, 0.4) is 0 Å². The lowest BCUT2D eigenvalue weighted by Gasteiger charge is -2.30. The van der Waals surface area contributed by atoms with Gasteiger partial charge in [0.2, 0.25) is 0 Å². The van der Waals surface area contributed by atoms with E-state index in [1.165, 1.54) is 6.92 Å². The van der Waals surface area contributed by atoms with Gasteiger partial charge in [-0.2, -0.15) is 0 Å². The lowest BCUT2D eigenvalue weighted by Crippen LogP contribution is -2.27. The molecule has 0 radical (unpaired) electrons. The molecule has 1 heterocycles. The van der Waals surface area contributed by atoms with E-state index in [-0.39, 0.29) is 11.9 Å². The zero-order valence-electron chi connectivity index (χ0n) is 12.7. The first-order chi connectivity index (χ1) is 10.7. The Bertz CT molecular complexity index is 582. The fraction of sp³-hybridized carbons (Fsp3) is 0.316. The second-order valence-corrected chi connectivity index (χ2v) is 5.74. The molecule has 0 bridgehead atoms. The van der Waals surface area contributed by atoms with Crippen molar-refractivity contribution in [1.29, 1.82) is 0 Å². The van der Waals surface area contributed by atoms with E-state index >= 15 is 0 Å². The van der Waals surface area contributed by atoms with Crippen LogP contribution < -0.4 is 0 Å². The summed E-state index contributed by atoms with van der Waals surface area (Å²) in [6.07, 6.45) is 0.814. The standard InChI is InChI=1S/C19H20O3/c1-15(20)21-13-16-12-19(22-14-16,17-8-4-2-5-9-17)18-10-6-3-7-11-18/h2-11,16H,12-14H2,1H3. The third kappa shape index (κ3) is 2.90. The quantitative estimate of drug-likeness (QED) is 0.810. The van der Waals surface area contributed by atoms with Crippen LogP contribution >= 0.6 is 0 Å². The molecule has 3 heteroatoms. The Morgan fingerprint density at radius 3 is 2.14 bits per heavy atom. The van der Waals surface area contributed by atoms with Crippen LogP contribution in [0.15, 0.2) is 60.7 Å². The molecule has 0 aromatic heterocycles. The molecular formula is C19H20O3. The molecule has 2 aromatic rings. The average molecular weight is 296 g/mol. The van der Waals surface area contributed by atoms with Crippen LogP contribution in [0.4, 0.5) is 0 Å². The minimum atomic E-state index is -0.451. The van der Waals surface area contributed by atoms with E-state index < -0.39 is 5.60 Å². The van der Waals surface area contributed by atoms with Gasteiger partial charge in [-0.1, -0.05) is 60.7 Å². The highest BCUT2D eigenvalue weighted by Crippen LogP contribution is 2.44. The Hall–Kier alpha value is -2.13. The highest BCUT2D eigenvalue weighted by atomic mass is 16.5. The summed E-state index contributed by atoms with van der Waals surface area (Å²) in [4.78, 5) is 11.0. The highest BCUT2D eigenvalue weighted by Gasteiger charge is 2.43. The molecule has 1 saturated heterocycles. The first kappa shape index (κ1) is 14.8. The van der Waals surface area contributed by atoms with E-state index in [0.29, 0.717) is 13.2 Å². The van der Waals surface area contributed by atoms with E-state index in [1.54, 1.807) is 0 Å². The number of hydrogen-bond acceptors (Lipinski definition) is 3. The Balaban J connectivity index is 1.91. The fourth-order valence-corrected chi connectivity index (χ4v) is 3.11. The van der Waals surface area contributed by atoms with Crippen molar-refractivity contribution in [3.63, 3.8) is 0 Å². The zero-order valence-corrected chi connectivity index (χ0v) is 12.7. The zero-order chi connectivity index (χ0) is 15.4. The van der Waals surface area contributed by atoms with Gasteiger partial charge >= 0.3 is 5.97 Å².